The van der Waals surface area contributed by atoms with Crippen molar-refractivity contribution in [2.75, 3.05) is 20.6 Å². The first-order valence-electron chi connectivity index (χ1n) is 5.70. The highest BCUT2D eigenvalue weighted by Crippen LogP contribution is 2.29. The Labute approximate surface area is 106 Å². The van der Waals surface area contributed by atoms with Crippen molar-refractivity contribution in [3.8, 4) is 0 Å². The van der Waals surface area contributed by atoms with Crippen LogP contribution in [0.5, 0.6) is 0 Å². The summed E-state index contributed by atoms with van der Waals surface area (Å²) in [4.78, 5) is 24.7. The van der Waals surface area contributed by atoms with E-state index < -0.39 is 17.5 Å². The smallest absolute Gasteiger partial charge is 0.347 e. The average molecular weight is 256 g/mol. The number of likely N-dealkylation sites (N-methyl/N-ethyl adjacent to an activating group) is 1. The van der Waals surface area contributed by atoms with Gasteiger partial charge in [-0.2, -0.15) is 0 Å². The minimum atomic E-state index is -0.978. The molecule has 0 aliphatic carbocycles. The van der Waals surface area contributed by atoms with Gasteiger partial charge in [0.05, 0.1) is 0 Å². The highest BCUT2D eigenvalue weighted by Gasteiger charge is 2.49. The predicted molar refractivity (Wildman–Crippen MR) is 65.6 cm³/mol. The van der Waals surface area contributed by atoms with Crippen LogP contribution in [0.3, 0.4) is 0 Å². The topological polar surface area (TPSA) is 102 Å². The molecule has 1 aliphatic heterocycles. The highest BCUT2D eigenvalue weighted by atomic mass is 16.5. The molecule has 0 spiro atoms. The molecule has 18 heavy (non-hydrogen) atoms. The summed E-state index contributed by atoms with van der Waals surface area (Å²) in [5.41, 5.74) is 4.25. The summed E-state index contributed by atoms with van der Waals surface area (Å²) in [6, 6.07) is 0. The summed E-state index contributed by atoms with van der Waals surface area (Å²) < 4.78 is 5.02. The quantitative estimate of drug-likeness (QED) is 0.294. The van der Waals surface area contributed by atoms with Crippen molar-refractivity contribution >= 4 is 11.9 Å². The minimum Gasteiger partial charge on any atom is -0.432 e. The summed E-state index contributed by atoms with van der Waals surface area (Å²) in [7, 11) is 3.52. The van der Waals surface area contributed by atoms with Gasteiger partial charge in [-0.3, -0.25) is 15.5 Å². The summed E-state index contributed by atoms with van der Waals surface area (Å²) in [6.45, 7) is 2.10. The van der Waals surface area contributed by atoms with Crippen LogP contribution in [0.15, 0.2) is 11.8 Å². The van der Waals surface area contributed by atoms with Crippen molar-refractivity contribution in [2.24, 2.45) is 11.6 Å². The maximum Gasteiger partial charge on any atom is 0.347 e. The van der Waals surface area contributed by atoms with Gasteiger partial charge in [0.25, 0.3) is 0 Å². The van der Waals surface area contributed by atoms with Gasteiger partial charge in [-0.1, -0.05) is 0 Å². The Kier molecular flexibility index (Phi) is 4.44. The molecule has 0 aromatic rings. The Bertz CT molecular complexity index is 380. The molecule has 1 amide bonds. The number of nitrogens with two attached hydrogens (primary N) is 2. The van der Waals surface area contributed by atoms with E-state index in [1.807, 2.05) is 0 Å². The van der Waals surface area contributed by atoms with Gasteiger partial charge in [-0.15, -0.1) is 0 Å². The fourth-order valence-corrected chi connectivity index (χ4v) is 2.00. The lowest BCUT2D eigenvalue weighted by molar-refractivity contribution is -0.162. The zero-order chi connectivity index (χ0) is 13.9. The van der Waals surface area contributed by atoms with E-state index >= 15 is 0 Å². The van der Waals surface area contributed by atoms with E-state index in [-0.39, 0.29) is 5.57 Å². The second-order valence-corrected chi connectivity index (χ2v) is 4.58. The molecule has 1 rings (SSSR count). The second-order valence-electron chi connectivity index (χ2n) is 4.58. The molecule has 7 nitrogen and oxygen atoms in total. The van der Waals surface area contributed by atoms with Crippen LogP contribution in [0.25, 0.3) is 0 Å². The van der Waals surface area contributed by atoms with Crippen LogP contribution < -0.4 is 11.6 Å². The number of carbonyl (C=O) groups is 2. The molecule has 0 radical (unpaired) electrons. The summed E-state index contributed by atoms with van der Waals surface area (Å²) in [5.74, 6) is 4.73. The van der Waals surface area contributed by atoms with Crippen molar-refractivity contribution in [3.63, 3.8) is 0 Å². The van der Waals surface area contributed by atoms with Gasteiger partial charge in [0.15, 0.2) is 5.66 Å². The van der Waals surface area contributed by atoms with Crippen LogP contribution in [0.2, 0.25) is 0 Å². The molecule has 1 saturated heterocycles. The van der Waals surface area contributed by atoms with Crippen LogP contribution >= 0.6 is 0 Å². The third kappa shape index (κ3) is 2.53. The number of esters is 1. The van der Waals surface area contributed by atoms with Crippen LogP contribution in [0.4, 0.5) is 0 Å². The highest BCUT2D eigenvalue weighted by molar-refractivity contribution is 5.91. The molecule has 1 fully saturated rings. The molecule has 4 N–H and O–H groups in total. The third-order valence-corrected chi connectivity index (χ3v) is 3.20. The van der Waals surface area contributed by atoms with Gasteiger partial charge in [-0.25, -0.2) is 9.80 Å². The molecular weight excluding hydrogens is 236 g/mol. The summed E-state index contributed by atoms with van der Waals surface area (Å²) in [6.07, 6.45) is 2.46. The molecule has 0 aromatic heterocycles. The normalized spacial score (nSPS) is 25.5. The Hall–Kier alpha value is -1.44. The Morgan fingerprint density at radius 2 is 2.06 bits per heavy atom. The van der Waals surface area contributed by atoms with Gasteiger partial charge in [-0.05, 0) is 33.9 Å². The third-order valence-electron chi connectivity index (χ3n) is 3.20. The molecule has 1 heterocycles. The van der Waals surface area contributed by atoms with E-state index in [9.17, 15) is 9.59 Å². The number of hydrogen-bond donors (Lipinski definition) is 2. The van der Waals surface area contributed by atoms with Crippen LogP contribution in [-0.2, 0) is 14.3 Å². The minimum absolute atomic E-state index is 0.179. The first-order valence-corrected chi connectivity index (χ1v) is 5.70. The predicted octanol–water partition coefficient (Wildman–Crippen LogP) is -0.854. The number of nitrogens with zero attached hydrogens (tertiary/aromatic N) is 2. The summed E-state index contributed by atoms with van der Waals surface area (Å²) in [5, 5.41) is 1.46. The second kappa shape index (κ2) is 5.47. The fraction of sp³-hybridized carbons (Fsp3) is 0.636. The standard InChI is InChI=1S/C11H20N4O3/c1-8(9(12)16)7-18-10(17)11(14(2)3)5-4-6-15(11)13/h7H,4-6,13H2,1-3H3,(H2,12,16)/b8-7+. The average Bonchev–Trinajstić information content (AvgIpc) is 2.68. The lowest BCUT2D eigenvalue weighted by Gasteiger charge is -2.38. The Morgan fingerprint density at radius 1 is 1.44 bits per heavy atom. The van der Waals surface area contributed by atoms with E-state index in [4.69, 9.17) is 16.3 Å². The van der Waals surface area contributed by atoms with Crippen LogP contribution in [0.1, 0.15) is 19.8 Å². The molecule has 1 atom stereocenters. The Balaban J connectivity index is 2.86. The first kappa shape index (κ1) is 14.6. The number of rotatable bonds is 4. The number of primary amides is 1. The van der Waals surface area contributed by atoms with Gasteiger partial charge >= 0.3 is 5.97 Å². The van der Waals surface area contributed by atoms with Crippen molar-refractivity contribution in [2.45, 2.75) is 25.4 Å². The zero-order valence-electron chi connectivity index (χ0n) is 11.0. The molecule has 0 saturated carbocycles. The van der Waals surface area contributed by atoms with Crippen LogP contribution in [0, 0.1) is 0 Å². The van der Waals surface area contributed by atoms with Gasteiger partial charge in [0, 0.05) is 12.1 Å². The van der Waals surface area contributed by atoms with Crippen molar-refractivity contribution in [1.82, 2.24) is 9.91 Å². The van der Waals surface area contributed by atoms with Crippen molar-refractivity contribution in [1.29, 1.82) is 0 Å². The molecule has 1 unspecified atom stereocenters. The number of hydrazine groups is 1. The van der Waals surface area contributed by atoms with Crippen molar-refractivity contribution in [3.05, 3.63) is 11.8 Å². The lowest BCUT2D eigenvalue weighted by Crippen LogP contribution is -2.62. The number of ether oxygens (including phenoxy) is 1. The maximum absolute atomic E-state index is 12.2. The SMILES string of the molecule is C/C(=C\OC(=O)C1(N(C)C)CCCN1N)C(N)=O. The van der Waals surface area contributed by atoms with E-state index in [1.165, 1.54) is 11.9 Å². The molecule has 0 aromatic carbocycles. The number of hydrogen-bond acceptors (Lipinski definition) is 6. The molecule has 0 bridgehead atoms. The molecular formula is C11H20N4O3. The maximum atomic E-state index is 12.2. The van der Waals surface area contributed by atoms with Gasteiger partial charge < -0.3 is 10.5 Å². The van der Waals surface area contributed by atoms with E-state index in [2.05, 4.69) is 0 Å². The largest absolute Gasteiger partial charge is 0.432 e. The molecule has 102 valence electrons. The van der Waals surface area contributed by atoms with Gasteiger partial charge in [0.1, 0.15) is 6.26 Å². The van der Waals surface area contributed by atoms with Crippen LogP contribution in [-0.4, -0.2) is 48.1 Å². The first-order chi connectivity index (χ1) is 8.32. The molecule has 7 heteroatoms. The van der Waals surface area contributed by atoms with E-state index in [1.54, 1.807) is 19.0 Å². The summed E-state index contributed by atoms with van der Waals surface area (Å²) >= 11 is 0. The Morgan fingerprint density at radius 3 is 2.44 bits per heavy atom. The number of carbonyl (C=O) groups excluding carboxylic acids is 2. The van der Waals surface area contributed by atoms with Crippen molar-refractivity contribution < 1.29 is 14.3 Å². The lowest BCUT2D eigenvalue weighted by atomic mass is 10.1. The zero-order valence-corrected chi connectivity index (χ0v) is 11.0. The molecule has 1 aliphatic rings. The monoisotopic (exact) mass is 256 g/mol. The van der Waals surface area contributed by atoms with E-state index in [0.717, 1.165) is 12.7 Å². The van der Waals surface area contributed by atoms with E-state index in [0.29, 0.717) is 13.0 Å². The fourth-order valence-electron chi connectivity index (χ4n) is 2.00. The number of amides is 1. The van der Waals surface area contributed by atoms with Gasteiger partial charge in [0.2, 0.25) is 5.91 Å².